The zero-order chi connectivity index (χ0) is 12.6. The van der Waals surface area contributed by atoms with Gasteiger partial charge in [0.25, 0.3) is 0 Å². The van der Waals surface area contributed by atoms with Crippen LogP contribution >= 0.6 is 11.6 Å². The maximum absolute atomic E-state index is 11.7. The van der Waals surface area contributed by atoms with Crippen LogP contribution in [0.15, 0.2) is 35.9 Å². The molecule has 1 aromatic carbocycles. The van der Waals surface area contributed by atoms with Crippen LogP contribution in [0, 0.1) is 0 Å². The van der Waals surface area contributed by atoms with E-state index in [1.165, 1.54) is 0 Å². The van der Waals surface area contributed by atoms with Crippen molar-refractivity contribution in [3.63, 3.8) is 0 Å². The molecule has 0 radical (unpaired) electrons. The molecule has 0 bridgehead atoms. The van der Waals surface area contributed by atoms with Gasteiger partial charge in [0.2, 0.25) is 0 Å². The fraction of sp³-hybridized carbons (Fsp3) is 0.308. The van der Waals surface area contributed by atoms with Gasteiger partial charge in [0.15, 0.2) is 5.78 Å². The molecule has 0 heterocycles. The van der Waals surface area contributed by atoms with Gasteiger partial charge < -0.3 is 11.5 Å². The average molecular weight is 251 g/mol. The van der Waals surface area contributed by atoms with Crippen molar-refractivity contribution >= 4 is 17.4 Å². The van der Waals surface area contributed by atoms with E-state index in [-0.39, 0.29) is 17.7 Å². The molecule has 0 fully saturated rings. The number of halogens is 1. The van der Waals surface area contributed by atoms with Crippen LogP contribution in [0.3, 0.4) is 0 Å². The normalized spacial score (nSPS) is 29.1. The lowest BCUT2D eigenvalue weighted by Gasteiger charge is -2.32. The fourth-order valence-electron chi connectivity index (χ4n) is 2.20. The summed E-state index contributed by atoms with van der Waals surface area (Å²) >= 11 is 5.84. The highest BCUT2D eigenvalue weighted by Crippen LogP contribution is 2.30. The molecule has 4 heteroatoms. The highest BCUT2D eigenvalue weighted by molar-refractivity contribution is 6.30. The Hall–Kier alpha value is -1.16. The molecule has 1 aliphatic rings. The van der Waals surface area contributed by atoms with E-state index in [0.717, 1.165) is 11.1 Å². The van der Waals surface area contributed by atoms with Crippen molar-refractivity contribution in [1.29, 1.82) is 0 Å². The summed E-state index contributed by atoms with van der Waals surface area (Å²) in [5.41, 5.74) is 13.9. The number of carbonyl (C=O) groups excluding carboxylic acids is 1. The van der Waals surface area contributed by atoms with E-state index in [9.17, 15) is 4.79 Å². The van der Waals surface area contributed by atoms with Gasteiger partial charge in [-0.25, -0.2) is 0 Å². The molecule has 0 spiro atoms. The van der Waals surface area contributed by atoms with Crippen molar-refractivity contribution in [1.82, 2.24) is 0 Å². The molecule has 4 N–H and O–H groups in total. The molecular formula is C13H15ClN2O. The van der Waals surface area contributed by atoms with Crippen LogP contribution in [-0.2, 0) is 4.79 Å². The van der Waals surface area contributed by atoms with Crippen LogP contribution in [0.2, 0.25) is 5.02 Å². The summed E-state index contributed by atoms with van der Waals surface area (Å²) < 4.78 is 0. The molecule has 1 aromatic rings. The van der Waals surface area contributed by atoms with Crippen molar-refractivity contribution < 1.29 is 4.79 Å². The molecule has 0 saturated heterocycles. The van der Waals surface area contributed by atoms with Crippen LogP contribution in [0.4, 0.5) is 0 Å². The SMILES string of the molecule is CC1=CC(=O)C(N)C(c2ccc(Cl)cc2)C1N. The Balaban J connectivity index is 2.40. The Labute approximate surface area is 105 Å². The summed E-state index contributed by atoms with van der Waals surface area (Å²) in [5, 5.41) is 0.658. The first-order valence-electron chi connectivity index (χ1n) is 5.49. The topological polar surface area (TPSA) is 69.1 Å². The molecule has 3 atom stereocenters. The van der Waals surface area contributed by atoms with Gasteiger partial charge in [-0.15, -0.1) is 0 Å². The minimum Gasteiger partial charge on any atom is -0.324 e. The lowest BCUT2D eigenvalue weighted by Crippen LogP contribution is -2.48. The number of carbonyl (C=O) groups is 1. The number of rotatable bonds is 1. The quantitative estimate of drug-likeness (QED) is 0.796. The van der Waals surface area contributed by atoms with Crippen molar-refractivity contribution in [3.05, 3.63) is 46.5 Å². The third-order valence-electron chi connectivity index (χ3n) is 3.25. The van der Waals surface area contributed by atoms with Gasteiger partial charge in [-0.1, -0.05) is 29.3 Å². The van der Waals surface area contributed by atoms with E-state index < -0.39 is 6.04 Å². The van der Waals surface area contributed by atoms with Crippen molar-refractivity contribution in [2.45, 2.75) is 24.9 Å². The summed E-state index contributed by atoms with van der Waals surface area (Å²) in [6.45, 7) is 1.86. The van der Waals surface area contributed by atoms with Gasteiger partial charge in [-0.3, -0.25) is 4.79 Å². The van der Waals surface area contributed by atoms with E-state index in [2.05, 4.69) is 0 Å². The third-order valence-corrected chi connectivity index (χ3v) is 3.50. The summed E-state index contributed by atoms with van der Waals surface area (Å²) in [4.78, 5) is 11.7. The molecule has 0 aromatic heterocycles. The summed E-state index contributed by atoms with van der Waals surface area (Å²) in [6, 6.07) is 6.53. The highest BCUT2D eigenvalue weighted by atomic mass is 35.5. The molecular weight excluding hydrogens is 236 g/mol. The molecule has 0 amide bonds. The third kappa shape index (κ3) is 2.27. The Kier molecular flexibility index (Phi) is 3.33. The standard InChI is InChI=1S/C13H15ClN2O/c1-7-6-10(17)13(16)11(12(7)15)8-2-4-9(14)5-3-8/h2-6,11-13H,15-16H2,1H3. The van der Waals surface area contributed by atoms with Gasteiger partial charge >= 0.3 is 0 Å². The summed E-state index contributed by atoms with van der Waals surface area (Å²) in [7, 11) is 0. The van der Waals surface area contributed by atoms with Gasteiger partial charge in [-0.2, -0.15) is 0 Å². The fourth-order valence-corrected chi connectivity index (χ4v) is 2.33. The van der Waals surface area contributed by atoms with E-state index in [0.29, 0.717) is 5.02 Å². The van der Waals surface area contributed by atoms with E-state index in [1.807, 2.05) is 19.1 Å². The number of hydrogen-bond donors (Lipinski definition) is 2. The molecule has 2 rings (SSSR count). The highest BCUT2D eigenvalue weighted by Gasteiger charge is 2.34. The minimum absolute atomic E-state index is 0.0656. The second kappa shape index (κ2) is 4.61. The van der Waals surface area contributed by atoms with E-state index in [4.69, 9.17) is 23.1 Å². The molecule has 17 heavy (non-hydrogen) atoms. The molecule has 0 saturated carbocycles. The van der Waals surface area contributed by atoms with E-state index in [1.54, 1.807) is 18.2 Å². The Morgan fingerprint density at radius 1 is 1.12 bits per heavy atom. The Bertz CT molecular complexity index is 467. The van der Waals surface area contributed by atoms with Gasteiger partial charge in [0.05, 0.1) is 6.04 Å². The Morgan fingerprint density at radius 2 is 1.71 bits per heavy atom. The zero-order valence-corrected chi connectivity index (χ0v) is 10.3. The van der Waals surface area contributed by atoms with Gasteiger partial charge in [0, 0.05) is 17.0 Å². The summed E-state index contributed by atoms with van der Waals surface area (Å²) in [5.74, 6) is -0.242. The van der Waals surface area contributed by atoms with Crippen LogP contribution in [0.1, 0.15) is 18.4 Å². The molecule has 3 unspecified atom stereocenters. The number of nitrogens with two attached hydrogens (primary N) is 2. The second-order valence-electron chi connectivity index (χ2n) is 4.42. The van der Waals surface area contributed by atoms with Gasteiger partial charge in [0.1, 0.15) is 0 Å². The van der Waals surface area contributed by atoms with Crippen LogP contribution < -0.4 is 11.5 Å². The minimum atomic E-state index is -0.574. The Morgan fingerprint density at radius 3 is 2.29 bits per heavy atom. The van der Waals surface area contributed by atoms with E-state index >= 15 is 0 Å². The molecule has 3 nitrogen and oxygen atoms in total. The van der Waals surface area contributed by atoms with Crippen molar-refractivity contribution in [2.24, 2.45) is 11.5 Å². The first-order valence-corrected chi connectivity index (χ1v) is 5.87. The first kappa shape index (κ1) is 12.3. The second-order valence-corrected chi connectivity index (χ2v) is 4.86. The predicted molar refractivity (Wildman–Crippen MR) is 68.9 cm³/mol. The van der Waals surface area contributed by atoms with Crippen LogP contribution in [0.25, 0.3) is 0 Å². The number of hydrogen-bond acceptors (Lipinski definition) is 3. The van der Waals surface area contributed by atoms with Crippen molar-refractivity contribution in [3.8, 4) is 0 Å². The largest absolute Gasteiger partial charge is 0.324 e. The maximum atomic E-state index is 11.7. The lowest BCUT2D eigenvalue weighted by molar-refractivity contribution is -0.116. The monoisotopic (exact) mass is 250 g/mol. The van der Waals surface area contributed by atoms with Gasteiger partial charge in [-0.05, 0) is 30.7 Å². The molecule has 0 aliphatic heterocycles. The predicted octanol–water partition coefficient (Wildman–Crippen LogP) is 1.61. The maximum Gasteiger partial charge on any atom is 0.173 e. The average Bonchev–Trinajstić information content (AvgIpc) is 2.29. The molecule has 1 aliphatic carbocycles. The smallest absolute Gasteiger partial charge is 0.173 e. The lowest BCUT2D eigenvalue weighted by atomic mass is 9.77. The van der Waals surface area contributed by atoms with Crippen molar-refractivity contribution in [2.75, 3.05) is 0 Å². The van der Waals surface area contributed by atoms with Crippen LogP contribution in [-0.4, -0.2) is 17.9 Å². The zero-order valence-electron chi connectivity index (χ0n) is 9.56. The summed E-state index contributed by atoms with van der Waals surface area (Å²) in [6.07, 6.45) is 1.54. The number of benzene rings is 1. The first-order chi connectivity index (χ1) is 8.00. The molecule has 90 valence electrons. The van der Waals surface area contributed by atoms with Crippen LogP contribution in [0.5, 0.6) is 0 Å². The number of ketones is 1.